The Morgan fingerprint density at radius 3 is 2.73 bits per heavy atom. The van der Waals surface area contributed by atoms with Crippen LogP contribution in [0.1, 0.15) is 24.2 Å². The van der Waals surface area contributed by atoms with E-state index in [2.05, 4.69) is 13.8 Å². The molecule has 15 heavy (non-hydrogen) atoms. The lowest BCUT2D eigenvalue weighted by molar-refractivity contribution is 0.0693. The lowest BCUT2D eigenvalue weighted by atomic mass is 10.2. The van der Waals surface area contributed by atoms with Crippen molar-refractivity contribution in [3.63, 3.8) is 0 Å². The Balaban J connectivity index is 2.92. The van der Waals surface area contributed by atoms with E-state index in [1.54, 1.807) is 18.2 Å². The van der Waals surface area contributed by atoms with Crippen LogP contribution in [0.4, 0.5) is 5.69 Å². The summed E-state index contributed by atoms with van der Waals surface area (Å²) in [4.78, 5) is 11.7. The summed E-state index contributed by atoms with van der Waals surface area (Å²) in [7, 11) is 0. The van der Waals surface area contributed by atoms with E-state index in [0.29, 0.717) is 17.2 Å². The summed E-state index contributed by atoms with van der Waals surface area (Å²) < 4.78 is 0. The minimum Gasteiger partial charge on any atom is -0.478 e. The first-order valence-electron chi connectivity index (χ1n) is 4.76. The first-order chi connectivity index (χ1) is 7.00. The van der Waals surface area contributed by atoms with Crippen molar-refractivity contribution in [3.05, 3.63) is 23.8 Å². The molecule has 0 atom stereocenters. The van der Waals surface area contributed by atoms with E-state index < -0.39 is 5.97 Å². The number of hydrogen-bond acceptors (Lipinski definition) is 3. The average molecular weight is 225 g/mol. The van der Waals surface area contributed by atoms with Crippen LogP contribution in [-0.2, 0) is 0 Å². The van der Waals surface area contributed by atoms with Crippen LogP contribution in [0.2, 0.25) is 0 Å². The van der Waals surface area contributed by atoms with Gasteiger partial charge in [0.05, 0.1) is 5.56 Å². The van der Waals surface area contributed by atoms with Gasteiger partial charge in [-0.15, -0.1) is 11.8 Å². The molecule has 0 spiro atoms. The molecule has 0 unspecified atom stereocenters. The van der Waals surface area contributed by atoms with E-state index >= 15 is 0 Å². The molecule has 0 aromatic heterocycles. The van der Waals surface area contributed by atoms with Gasteiger partial charge in [-0.05, 0) is 24.1 Å². The number of carboxylic acid groups (broad SMARTS) is 1. The fraction of sp³-hybridized carbons (Fsp3) is 0.364. The zero-order valence-electron chi connectivity index (χ0n) is 8.86. The minimum atomic E-state index is -0.902. The van der Waals surface area contributed by atoms with Crippen molar-refractivity contribution in [3.8, 4) is 0 Å². The van der Waals surface area contributed by atoms with Crippen LogP contribution in [0.5, 0.6) is 0 Å². The number of nitrogen functional groups attached to an aromatic ring is 1. The fourth-order valence-electron chi connectivity index (χ4n) is 1.09. The molecule has 0 saturated carbocycles. The quantitative estimate of drug-likeness (QED) is 0.611. The van der Waals surface area contributed by atoms with Crippen LogP contribution in [0.25, 0.3) is 0 Å². The Morgan fingerprint density at radius 2 is 2.20 bits per heavy atom. The third kappa shape index (κ3) is 3.47. The lowest BCUT2D eigenvalue weighted by Crippen LogP contribution is -2.01. The fourth-order valence-corrected chi connectivity index (χ4v) is 2.13. The van der Waals surface area contributed by atoms with Gasteiger partial charge in [0.1, 0.15) is 0 Å². The molecule has 0 fully saturated rings. The van der Waals surface area contributed by atoms with Gasteiger partial charge in [-0.2, -0.15) is 0 Å². The standard InChI is InChI=1S/C11H15NO2S/c1-7(2)6-15-10-5-8(12)3-4-9(10)11(13)14/h3-5,7H,6,12H2,1-2H3,(H,13,14). The Labute approximate surface area is 93.7 Å². The van der Waals surface area contributed by atoms with Crippen LogP contribution in [0.3, 0.4) is 0 Å². The predicted octanol–water partition coefficient (Wildman–Crippen LogP) is 2.72. The van der Waals surface area contributed by atoms with Gasteiger partial charge >= 0.3 is 5.97 Å². The second kappa shape index (κ2) is 5.07. The van der Waals surface area contributed by atoms with E-state index in [4.69, 9.17) is 10.8 Å². The first-order valence-corrected chi connectivity index (χ1v) is 5.75. The maximum absolute atomic E-state index is 10.9. The highest BCUT2D eigenvalue weighted by Crippen LogP contribution is 2.26. The number of aromatic carboxylic acids is 1. The molecule has 0 aliphatic rings. The Bertz CT molecular complexity index is 364. The molecule has 4 heteroatoms. The second-order valence-electron chi connectivity index (χ2n) is 3.77. The molecule has 1 aromatic carbocycles. The highest BCUT2D eigenvalue weighted by atomic mass is 32.2. The van der Waals surface area contributed by atoms with Gasteiger partial charge in [-0.3, -0.25) is 0 Å². The minimum absolute atomic E-state index is 0.329. The molecular formula is C11H15NO2S. The molecule has 0 bridgehead atoms. The second-order valence-corrected chi connectivity index (χ2v) is 4.83. The van der Waals surface area contributed by atoms with Gasteiger partial charge in [0.2, 0.25) is 0 Å². The zero-order chi connectivity index (χ0) is 11.4. The van der Waals surface area contributed by atoms with Crippen LogP contribution in [0, 0.1) is 5.92 Å². The number of nitrogens with two attached hydrogens (primary N) is 1. The van der Waals surface area contributed by atoms with E-state index in [1.807, 2.05) is 0 Å². The molecule has 0 aliphatic heterocycles. The number of hydrogen-bond donors (Lipinski definition) is 2. The lowest BCUT2D eigenvalue weighted by Gasteiger charge is -2.08. The van der Waals surface area contributed by atoms with Gasteiger partial charge in [0, 0.05) is 16.3 Å². The molecule has 1 rings (SSSR count). The average Bonchev–Trinajstić information content (AvgIpc) is 2.14. The topological polar surface area (TPSA) is 63.3 Å². The first kappa shape index (κ1) is 11.9. The van der Waals surface area contributed by atoms with E-state index in [0.717, 1.165) is 10.6 Å². The highest BCUT2D eigenvalue weighted by molar-refractivity contribution is 7.99. The summed E-state index contributed by atoms with van der Waals surface area (Å²) in [6.07, 6.45) is 0. The smallest absolute Gasteiger partial charge is 0.336 e. The third-order valence-electron chi connectivity index (χ3n) is 1.81. The number of thioether (sulfide) groups is 1. The molecular weight excluding hydrogens is 210 g/mol. The third-order valence-corrected chi connectivity index (χ3v) is 3.29. The molecule has 0 heterocycles. The maximum atomic E-state index is 10.9. The SMILES string of the molecule is CC(C)CSc1cc(N)ccc1C(=O)O. The Hall–Kier alpha value is -1.16. The zero-order valence-corrected chi connectivity index (χ0v) is 9.67. The summed E-state index contributed by atoms with van der Waals surface area (Å²) in [5.41, 5.74) is 6.56. The molecule has 0 saturated heterocycles. The molecule has 3 N–H and O–H groups in total. The summed E-state index contributed by atoms with van der Waals surface area (Å²) >= 11 is 1.54. The number of carboxylic acids is 1. The maximum Gasteiger partial charge on any atom is 0.336 e. The van der Waals surface area contributed by atoms with Crippen molar-refractivity contribution in [1.82, 2.24) is 0 Å². The van der Waals surface area contributed by atoms with Crippen LogP contribution >= 0.6 is 11.8 Å². The van der Waals surface area contributed by atoms with Gasteiger partial charge in [-0.1, -0.05) is 13.8 Å². The Kier molecular flexibility index (Phi) is 4.03. The largest absolute Gasteiger partial charge is 0.478 e. The van der Waals surface area contributed by atoms with E-state index in [1.165, 1.54) is 11.8 Å². The Morgan fingerprint density at radius 1 is 1.53 bits per heavy atom. The number of carbonyl (C=O) groups is 1. The molecule has 3 nitrogen and oxygen atoms in total. The van der Waals surface area contributed by atoms with Crippen molar-refractivity contribution in [1.29, 1.82) is 0 Å². The van der Waals surface area contributed by atoms with Gasteiger partial charge in [0.15, 0.2) is 0 Å². The highest BCUT2D eigenvalue weighted by Gasteiger charge is 2.10. The van der Waals surface area contributed by atoms with Crippen molar-refractivity contribution in [2.75, 3.05) is 11.5 Å². The van der Waals surface area contributed by atoms with Crippen LogP contribution < -0.4 is 5.73 Å². The number of anilines is 1. The molecule has 82 valence electrons. The summed E-state index contributed by atoms with van der Waals surface area (Å²) in [6.45, 7) is 4.19. The predicted molar refractivity (Wildman–Crippen MR) is 63.4 cm³/mol. The van der Waals surface area contributed by atoms with Crippen LogP contribution in [-0.4, -0.2) is 16.8 Å². The molecule has 0 radical (unpaired) electrons. The summed E-state index contributed by atoms with van der Waals surface area (Å²) in [5.74, 6) is 0.517. The van der Waals surface area contributed by atoms with Crippen LogP contribution in [0.15, 0.2) is 23.1 Å². The van der Waals surface area contributed by atoms with E-state index in [9.17, 15) is 4.79 Å². The van der Waals surface area contributed by atoms with Gasteiger partial charge in [-0.25, -0.2) is 4.79 Å². The van der Waals surface area contributed by atoms with Gasteiger partial charge in [0.25, 0.3) is 0 Å². The molecule has 1 aromatic rings. The molecule has 0 aliphatic carbocycles. The number of rotatable bonds is 4. The monoisotopic (exact) mass is 225 g/mol. The number of benzene rings is 1. The van der Waals surface area contributed by atoms with Gasteiger partial charge < -0.3 is 10.8 Å². The summed E-state index contributed by atoms with van der Waals surface area (Å²) in [5, 5.41) is 8.97. The normalized spacial score (nSPS) is 10.6. The van der Waals surface area contributed by atoms with Crippen molar-refractivity contribution < 1.29 is 9.90 Å². The summed E-state index contributed by atoms with van der Waals surface area (Å²) in [6, 6.07) is 4.89. The van der Waals surface area contributed by atoms with Crippen molar-refractivity contribution >= 4 is 23.4 Å². The van der Waals surface area contributed by atoms with Crippen molar-refractivity contribution in [2.45, 2.75) is 18.7 Å². The van der Waals surface area contributed by atoms with E-state index in [-0.39, 0.29) is 0 Å². The van der Waals surface area contributed by atoms with Crippen molar-refractivity contribution in [2.24, 2.45) is 5.92 Å². The molecule has 0 amide bonds.